The minimum absolute atomic E-state index is 0.454. The lowest BCUT2D eigenvalue weighted by atomic mass is 10.2. The van der Waals surface area contributed by atoms with Crippen molar-refractivity contribution in [3.63, 3.8) is 0 Å². The molecule has 1 rings (SSSR count). The van der Waals surface area contributed by atoms with Crippen LogP contribution in [0.2, 0.25) is 0 Å². The lowest BCUT2D eigenvalue weighted by Gasteiger charge is -2.12. The number of hydrogen-bond acceptors (Lipinski definition) is 2. The zero-order valence-corrected chi connectivity index (χ0v) is 10.2. The van der Waals surface area contributed by atoms with E-state index in [9.17, 15) is 0 Å². The highest BCUT2D eigenvalue weighted by molar-refractivity contribution is 5.33. The number of nitrogens with one attached hydrogen (secondary N) is 1. The monoisotopic (exact) mass is 217 g/mol. The molecule has 0 spiro atoms. The van der Waals surface area contributed by atoms with E-state index in [1.165, 1.54) is 5.56 Å². The molecule has 16 heavy (non-hydrogen) atoms. The third-order valence-electron chi connectivity index (χ3n) is 2.15. The molecule has 0 amide bonds. The fraction of sp³-hybridized carbons (Fsp3) is 0.429. The largest absolute Gasteiger partial charge is 0.481 e. The lowest BCUT2D eigenvalue weighted by Crippen LogP contribution is -2.22. The van der Waals surface area contributed by atoms with E-state index < -0.39 is 0 Å². The average Bonchev–Trinajstić information content (AvgIpc) is 2.28. The third kappa shape index (κ3) is 4.37. The Morgan fingerprint density at radius 3 is 2.75 bits per heavy atom. The molecule has 0 heterocycles. The SMILES string of the molecule is CC#CCOc1ccccc1CNC(C)C. The first-order valence-corrected chi connectivity index (χ1v) is 5.57. The van der Waals surface area contributed by atoms with Gasteiger partial charge in [-0.2, -0.15) is 0 Å². The number of ether oxygens (including phenoxy) is 1. The highest BCUT2D eigenvalue weighted by atomic mass is 16.5. The molecule has 1 aromatic carbocycles. The fourth-order valence-electron chi connectivity index (χ4n) is 1.29. The van der Waals surface area contributed by atoms with Gasteiger partial charge in [-0.15, -0.1) is 5.92 Å². The summed E-state index contributed by atoms with van der Waals surface area (Å²) in [5.41, 5.74) is 1.18. The topological polar surface area (TPSA) is 21.3 Å². The summed E-state index contributed by atoms with van der Waals surface area (Å²) in [6.07, 6.45) is 0. The molecule has 0 aliphatic carbocycles. The fourth-order valence-corrected chi connectivity index (χ4v) is 1.29. The summed E-state index contributed by atoms with van der Waals surface area (Å²) < 4.78 is 5.60. The molecule has 0 saturated carbocycles. The molecule has 2 nitrogen and oxygen atoms in total. The van der Waals surface area contributed by atoms with Crippen LogP contribution < -0.4 is 10.1 Å². The Morgan fingerprint density at radius 1 is 1.31 bits per heavy atom. The summed E-state index contributed by atoms with van der Waals surface area (Å²) in [7, 11) is 0. The highest BCUT2D eigenvalue weighted by Gasteiger charge is 2.02. The van der Waals surface area contributed by atoms with Crippen LogP contribution in [0, 0.1) is 11.8 Å². The Hall–Kier alpha value is -1.46. The van der Waals surface area contributed by atoms with Crippen LogP contribution in [0.1, 0.15) is 26.3 Å². The smallest absolute Gasteiger partial charge is 0.149 e. The second kappa shape index (κ2) is 6.92. The van der Waals surface area contributed by atoms with Crippen LogP contribution in [0.4, 0.5) is 0 Å². The summed E-state index contributed by atoms with van der Waals surface area (Å²) in [4.78, 5) is 0. The van der Waals surface area contributed by atoms with E-state index in [2.05, 4.69) is 37.1 Å². The van der Waals surface area contributed by atoms with E-state index in [-0.39, 0.29) is 0 Å². The zero-order chi connectivity index (χ0) is 11.8. The quantitative estimate of drug-likeness (QED) is 0.765. The van der Waals surface area contributed by atoms with Crippen molar-refractivity contribution in [2.45, 2.75) is 33.4 Å². The van der Waals surface area contributed by atoms with Gasteiger partial charge in [0.15, 0.2) is 0 Å². The van der Waals surface area contributed by atoms with Crippen LogP contribution in [-0.2, 0) is 6.54 Å². The van der Waals surface area contributed by atoms with Crippen LogP contribution in [0.3, 0.4) is 0 Å². The number of hydrogen-bond donors (Lipinski definition) is 1. The maximum atomic E-state index is 5.60. The standard InChI is InChI=1S/C14H19NO/c1-4-5-10-16-14-9-7-6-8-13(14)11-15-12(2)3/h6-9,12,15H,10-11H2,1-3H3. The Balaban J connectivity index is 2.62. The van der Waals surface area contributed by atoms with Gasteiger partial charge in [0.25, 0.3) is 0 Å². The van der Waals surface area contributed by atoms with Crippen molar-refractivity contribution in [1.29, 1.82) is 0 Å². The van der Waals surface area contributed by atoms with E-state index in [0.29, 0.717) is 12.6 Å². The van der Waals surface area contributed by atoms with E-state index in [1.54, 1.807) is 0 Å². The number of para-hydroxylation sites is 1. The number of benzene rings is 1. The van der Waals surface area contributed by atoms with E-state index in [4.69, 9.17) is 4.74 Å². The first kappa shape index (κ1) is 12.6. The van der Waals surface area contributed by atoms with Gasteiger partial charge in [0.05, 0.1) is 0 Å². The van der Waals surface area contributed by atoms with Crippen molar-refractivity contribution in [1.82, 2.24) is 5.32 Å². The maximum absolute atomic E-state index is 5.60. The molecular weight excluding hydrogens is 198 g/mol. The molecule has 0 unspecified atom stereocenters. The van der Waals surface area contributed by atoms with Crippen molar-refractivity contribution < 1.29 is 4.74 Å². The second-order valence-corrected chi connectivity index (χ2v) is 3.86. The molecule has 1 aromatic rings. The molecule has 2 heteroatoms. The molecule has 0 atom stereocenters. The van der Waals surface area contributed by atoms with E-state index in [1.807, 2.05) is 25.1 Å². The van der Waals surface area contributed by atoms with Gasteiger partial charge in [0, 0.05) is 18.2 Å². The van der Waals surface area contributed by atoms with Crippen molar-refractivity contribution in [2.24, 2.45) is 0 Å². The first-order chi connectivity index (χ1) is 7.74. The van der Waals surface area contributed by atoms with E-state index >= 15 is 0 Å². The second-order valence-electron chi connectivity index (χ2n) is 3.86. The predicted molar refractivity (Wildman–Crippen MR) is 67.4 cm³/mol. The van der Waals surface area contributed by atoms with Crippen molar-refractivity contribution in [3.05, 3.63) is 29.8 Å². The lowest BCUT2D eigenvalue weighted by molar-refractivity contribution is 0.364. The molecule has 0 radical (unpaired) electrons. The first-order valence-electron chi connectivity index (χ1n) is 5.57. The Morgan fingerprint density at radius 2 is 2.06 bits per heavy atom. The van der Waals surface area contributed by atoms with Gasteiger partial charge in [0.1, 0.15) is 12.4 Å². The summed E-state index contributed by atoms with van der Waals surface area (Å²) in [5, 5.41) is 3.38. The average molecular weight is 217 g/mol. The van der Waals surface area contributed by atoms with E-state index in [0.717, 1.165) is 12.3 Å². The molecule has 0 aromatic heterocycles. The summed E-state index contributed by atoms with van der Waals surface area (Å²) in [6, 6.07) is 8.53. The van der Waals surface area contributed by atoms with Gasteiger partial charge >= 0.3 is 0 Å². The third-order valence-corrected chi connectivity index (χ3v) is 2.15. The van der Waals surface area contributed by atoms with Crippen LogP contribution in [-0.4, -0.2) is 12.6 Å². The molecular formula is C14H19NO. The molecule has 1 N–H and O–H groups in total. The van der Waals surface area contributed by atoms with Crippen LogP contribution >= 0.6 is 0 Å². The Bertz CT molecular complexity index is 374. The maximum Gasteiger partial charge on any atom is 0.149 e. The summed E-state index contributed by atoms with van der Waals surface area (Å²) in [5.74, 6) is 6.63. The minimum Gasteiger partial charge on any atom is -0.481 e. The van der Waals surface area contributed by atoms with Gasteiger partial charge in [-0.05, 0) is 13.0 Å². The van der Waals surface area contributed by atoms with Crippen molar-refractivity contribution in [2.75, 3.05) is 6.61 Å². The van der Waals surface area contributed by atoms with Crippen molar-refractivity contribution >= 4 is 0 Å². The van der Waals surface area contributed by atoms with Gasteiger partial charge in [-0.25, -0.2) is 0 Å². The van der Waals surface area contributed by atoms with Gasteiger partial charge in [0.2, 0.25) is 0 Å². The molecule has 0 aliphatic rings. The summed E-state index contributed by atoms with van der Waals surface area (Å²) >= 11 is 0. The number of rotatable bonds is 5. The highest BCUT2D eigenvalue weighted by Crippen LogP contribution is 2.17. The molecule has 0 bridgehead atoms. The minimum atomic E-state index is 0.454. The van der Waals surface area contributed by atoms with Crippen molar-refractivity contribution in [3.8, 4) is 17.6 Å². The molecule has 0 fully saturated rings. The van der Waals surface area contributed by atoms with Gasteiger partial charge in [-0.3, -0.25) is 0 Å². The Labute approximate surface area is 98.0 Å². The molecule has 86 valence electrons. The molecule has 0 aliphatic heterocycles. The van der Waals surface area contributed by atoms with Crippen LogP contribution in [0.15, 0.2) is 24.3 Å². The molecule has 0 saturated heterocycles. The predicted octanol–water partition coefficient (Wildman–Crippen LogP) is 2.59. The zero-order valence-electron chi connectivity index (χ0n) is 10.2. The van der Waals surface area contributed by atoms with Crippen LogP contribution in [0.25, 0.3) is 0 Å². The Kier molecular flexibility index (Phi) is 5.45. The van der Waals surface area contributed by atoms with Gasteiger partial charge in [-0.1, -0.05) is 38.0 Å². The van der Waals surface area contributed by atoms with Gasteiger partial charge < -0.3 is 10.1 Å². The van der Waals surface area contributed by atoms with Crippen LogP contribution in [0.5, 0.6) is 5.75 Å². The normalized spacial score (nSPS) is 9.75. The summed E-state index contributed by atoms with van der Waals surface area (Å²) in [6.45, 7) is 7.36.